The van der Waals surface area contributed by atoms with E-state index in [2.05, 4.69) is 5.32 Å². The van der Waals surface area contributed by atoms with Crippen molar-refractivity contribution in [2.45, 2.75) is 6.61 Å². The first-order valence-electron chi connectivity index (χ1n) is 8.77. The number of carbonyl (C=O) groups is 2. The lowest BCUT2D eigenvalue weighted by atomic mass is 10.2. The molecule has 7 nitrogen and oxygen atoms in total. The zero-order chi connectivity index (χ0) is 20.6. The SMILES string of the molecule is O=C(COC(=O)c1ccc(O)cc1O)Nc1ccc(OCc2ccccc2)cc1. The number of esters is 1. The summed E-state index contributed by atoms with van der Waals surface area (Å²) in [6.45, 7) is -0.0853. The number of aromatic hydroxyl groups is 2. The third-order valence-electron chi connectivity index (χ3n) is 3.92. The van der Waals surface area contributed by atoms with E-state index in [1.807, 2.05) is 30.3 Å². The number of carbonyl (C=O) groups excluding carboxylic acids is 2. The second-order valence-electron chi connectivity index (χ2n) is 6.12. The molecule has 0 spiro atoms. The summed E-state index contributed by atoms with van der Waals surface area (Å²) in [4.78, 5) is 23.9. The molecule has 0 saturated heterocycles. The molecule has 0 heterocycles. The lowest BCUT2D eigenvalue weighted by molar-refractivity contribution is -0.119. The van der Waals surface area contributed by atoms with Gasteiger partial charge in [0.2, 0.25) is 0 Å². The number of benzene rings is 3. The topological polar surface area (TPSA) is 105 Å². The van der Waals surface area contributed by atoms with E-state index in [9.17, 15) is 19.8 Å². The maximum absolute atomic E-state index is 12.0. The Labute approximate surface area is 167 Å². The van der Waals surface area contributed by atoms with Crippen LogP contribution in [0.25, 0.3) is 0 Å². The minimum atomic E-state index is -0.873. The summed E-state index contributed by atoms with van der Waals surface area (Å²) in [5.74, 6) is -1.37. The smallest absolute Gasteiger partial charge is 0.342 e. The van der Waals surface area contributed by atoms with Gasteiger partial charge in [-0.3, -0.25) is 4.79 Å². The lowest BCUT2D eigenvalue weighted by Crippen LogP contribution is -2.20. The van der Waals surface area contributed by atoms with E-state index in [0.717, 1.165) is 11.6 Å². The van der Waals surface area contributed by atoms with Crippen molar-refractivity contribution in [3.63, 3.8) is 0 Å². The molecular weight excluding hydrogens is 374 g/mol. The molecule has 0 unspecified atom stereocenters. The van der Waals surface area contributed by atoms with E-state index in [1.54, 1.807) is 24.3 Å². The third-order valence-corrected chi connectivity index (χ3v) is 3.92. The molecule has 29 heavy (non-hydrogen) atoms. The first-order chi connectivity index (χ1) is 14.0. The fourth-order valence-electron chi connectivity index (χ4n) is 2.47. The Morgan fingerprint density at radius 2 is 1.62 bits per heavy atom. The van der Waals surface area contributed by atoms with E-state index in [4.69, 9.17) is 9.47 Å². The van der Waals surface area contributed by atoms with E-state index in [-0.39, 0.29) is 11.3 Å². The second kappa shape index (κ2) is 9.27. The van der Waals surface area contributed by atoms with Gasteiger partial charge in [-0.1, -0.05) is 30.3 Å². The Hall–Kier alpha value is -4.00. The van der Waals surface area contributed by atoms with Crippen LogP contribution in [0.2, 0.25) is 0 Å². The molecular formula is C22H19NO6. The van der Waals surface area contributed by atoms with Crippen molar-refractivity contribution < 1.29 is 29.3 Å². The Morgan fingerprint density at radius 1 is 0.897 bits per heavy atom. The summed E-state index contributed by atoms with van der Waals surface area (Å²) in [5, 5.41) is 21.5. The molecule has 0 aliphatic heterocycles. The molecule has 0 fully saturated rings. The van der Waals surface area contributed by atoms with Crippen LogP contribution in [0.1, 0.15) is 15.9 Å². The maximum atomic E-state index is 12.0. The molecule has 0 aromatic heterocycles. The predicted octanol–water partition coefficient (Wildman–Crippen LogP) is 3.47. The van der Waals surface area contributed by atoms with Crippen LogP contribution in [0, 0.1) is 0 Å². The first kappa shape index (κ1) is 19.8. The van der Waals surface area contributed by atoms with Gasteiger partial charge in [-0.2, -0.15) is 0 Å². The number of ether oxygens (including phenoxy) is 2. The van der Waals surface area contributed by atoms with Crippen LogP contribution in [0.4, 0.5) is 5.69 Å². The standard InChI is InChI=1S/C22H19NO6/c24-17-8-11-19(20(25)12-17)22(27)29-14-21(26)23-16-6-9-18(10-7-16)28-13-15-4-2-1-3-5-15/h1-12,24-25H,13-14H2,(H,23,26). The summed E-state index contributed by atoms with van der Waals surface area (Å²) in [6.07, 6.45) is 0. The van der Waals surface area contributed by atoms with Crippen molar-refractivity contribution in [3.05, 3.63) is 83.9 Å². The normalized spacial score (nSPS) is 10.2. The predicted molar refractivity (Wildman–Crippen MR) is 106 cm³/mol. The number of hydrogen-bond donors (Lipinski definition) is 3. The number of phenolic OH excluding ortho intramolecular Hbond substituents is 2. The van der Waals surface area contributed by atoms with Crippen molar-refractivity contribution in [1.82, 2.24) is 0 Å². The van der Waals surface area contributed by atoms with Crippen molar-refractivity contribution in [1.29, 1.82) is 0 Å². The van der Waals surface area contributed by atoms with Gasteiger partial charge in [0.15, 0.2) is 6.61 Å². The number of nitrogens with one attached hydrogen (secondary N) is 1. The molecule has 3 aromatic carbocycles. The summed E-state index contributed by atoms with van der Waals surface area (Å²) >= 11 is 0. The Balaban J connectivity index is 1.47. The van der Waals surface area contributed by atoms with Crippen LogP contribution in [0.3, 0.4) is 0 Å². The second-order valence-corrected chi connectivity index (χ2v) is 6.12. The molecule has 0 aliphatic rings. The Kier molecular flexibility index (Phi) is 6.32. The number of hydrogen-bond acceptors (Lipinski definition) is 6. The molecule has 0 bridgehead atoms. The molecule has 3 N–H and O–H groups in total. The zero-order valence-electron chi connectivity index (χ0n) is 15.4. The molecule has 148 valence electrons. The Bertz CT molecular complexity index is 986. The van der Waals surface area contributed by atoms with Gasteiger partial charge in [-0.05, 0) is 42.0 Å². The molecule has 3 aromatic rings. The average Bonchev–Trinajstić information content (AvgIpc) is 2.72. The first-order valence-corrected chi connectivity index (χ1v) is 8.77. The fourth-order valence-corrected chi connectivity index (χ4v) is 2.47. The number of phenols is 2. The summed E-state index contributed by atoms with van der Waals surface area (Å²) in [6, 6.07) is 20.0. The van der Waals surface area contributed by atoms with Crippen molar-refractivity contribution >= 4 is 17.6 Å². The van der Waals surface area contributed by atoms with E-state index < -0.39 is 24.2 Å². The zero-order valence-corrected chi connectivity index (χ0v) is 15.4. The van der Waals surface area contributed by atoms with Crippen molar-refractivity contribution in [3.8, 4) is 17.2 Å². The summed E-state index contributed by atoms with van der Waals surface area (Å²) in [7, 11) is 0. The number of anilines is 1. The van der Waals surface area contributed by atoms with E-state index in [1.165, 1.54) is 12.1 Å². The van der Waals surface area contributed by atoms with Crippen LogP contribution in [0.5, 0.6) is 17.2 Å². The minimum absolute atomic E-state index is 0.143. The fraction of sp³-hybridized carbons (Fsp3) is 0.0909. The molecule has 1 amide bonds. The highest BCUT2D eigenvalue weighted by molar-refractivity contribution is 5.96. The monoisotopic (exact) mass is 393 g/mol. The van der Waals surface area contributed by atoms with Gasteiger partial charge in [-0.25, -0.2) is 4.79 Å². The van der Waals surface area contributed by atoms with Gasteiger partial charge >= 0.3 is 5.97 Å². The van der Waals surface area contributed by atoms with Crippen molar-refractivity contribution in [2.24, 2.45) is 0 Å². The van der Waals surface area contributed by atoms with Gasteiger partial charge in [0.1, 0.15) is 29.4 Å². The average molecular weight is 393 g/mol. The highest BCUT2D eigenvalue weighted by Crippen LogP contribution is 2.23. The van der Waals surface area contributed by atoms with Crippen molar-refractivity contribution in [2.75, 3.05) is 11.9 Å². The molecule has 7 heteroatoms. The van der Waals surface area contributed by atoms with Gasteiger partial charge < -0.3 is 25.0 Å². The summed E-state index contributed by atoms with van der Waals surface area (Å²) in [5.41, 5.74) is 1.42. The third kappa shape index (κ3) is 5.74. The van der Waals surface area contributed by atoms with E-state index in [0.29, 0.717) is 18.0 Å². The maximum Gasteiger partial charge on any atom is 0.342 e. The Morgan fingerprint density at radius 3 is 2.31 bits per heavy atom. The number of rotatable bonds is 7. The van der Waals surface area contributed by atoms with Crippen LogP contribution < -0.4 is 10.1 Å². The van der Waals surface area contributed by atoms with Gasteiger partial charge in [-0.15, -0.1) is 0 Å². The van der Waals surface area contributed by atoms with Crippen LogP contribution in [0.15, 0.2) is 72.8 Å². The summed E-state index contributed by atoms with van der Waals surface area (Å²) < 4.78 is 10.6. The van der Waals surface area contributed by atoms with E-state index >= 15 is 0 Å². The highest BCUT2D eigenvalue weighted by atomic mass is 16.5. The largest absolute Gasteiger partial charge is 0.508 e. The van der Waals surface area contributed by atoms with Gasteiger partial charge in [0.25, 0.3) is 5.91 Å². The van der Waals surface area contributed by atoms with Gasteiger partial charge in [0.05, 0.1) is 0 Å². The van der Waals surface area contributed by atoms with Crippen LogP contribution in [-0.2, 0) is 16.1 Å². The van der Waals surface area contributed by atoms with Gasteiger partial charge in [0, 0.05) is 11.8 Å². The molecule has 0 saturated carbocycles. The molecule has 3 rings (SSSR count). The highest BCUT2D eigenvalue weighted by Gasteiger charge is 2.15. The quantitative estimate of drug-likeness (QED) is 0.531. The number of amides is 1. The van der Waals surface area contributed by atoms with Crippen LogP contribution in [-0.4, -0.2) is 28.7 Å². The molecule has 0 atom stereocenters. The molecule has 0 aliphatic carbocycles. The lowest BCUT2D eigenvalue weighted by Gasteiger charge is -2.09. The van der Waals surface area contributed by atoms with Crippen LogP contribution >= 0.6 is 0 Å². The minimum Gasteiger partial charge on any atom is -0.508 e. The molecule has 0 radical (unpaired) electrons.